The van der Waals surface area contributed by atoms with E-state index < -0.39 is 0 Å². The fraction of sp³-hybridized carbons (Fsp3) is 0.941. The maximum Gasteiger partial charge on any atom is 0.225 e. The van der Waals surface area contributed by atoms with Gasteiger partial charge in [-0.2, -0.15) is 0 Å². The van der Waals surface area contributed by atoms with Gasteiger partial charge in [-0.25, -0.2) is 0 Å². The summed E-state index contributed by atoms with van der Waals surface area (Å²) >= 11 is 0. The monoisotopic (exact) mass is 293 g/mol. The summed E-state index contributed by atoms with van der Waals surface area (Å²) in [6.45, 7) is 7.45. The van der Waals surface area contributed by atoms with Crippen LogP contribution in [0.3, 0.4) is 0 Å². The van der Waals surface area contributed by atoms with Crippen LogP contribution in [0.25, 0.3) is 0 Å². The minimum absolute atomic E-state index is 0.383. The van der Waals surface area contributed by atoms with Gasteiger partial charge in [0.05, 0.1) is 0 Å². The van der Waals surface area contributed by atoms with E-state index in [1.54, 1.807) is 0 Å². The molecule has 21 heavy (non-hydrogen) atoms. The lowest BCUT2D eigenvalue weighted by Gasteiger charge is -2.35. The van der Waals surface area contributed by atoms with Crippen LogP contribution >= 0.6 is 0 Å². The zero-order chi connectivity index (χ0) is 14.5. The Morgan fingerprint density at radius 3 is 2.33 bits per heavy atom. The van der Waals surface area contributed by atoms with E-state index in [0.29, 0.717) is 11.8 Å². The molecule has 0 radical (unpaired) electrons. The van der Waals surface area contributed by atoms with Crippen molar-refractivity contribution in [3.63, 3.8) is 0 Å². The van der Waals surface area contributed by atoms with E-state index in [1.807, 2.05) is 0 Å². The molecule has 1 N–H and O–H groups in total. The van der Waals surface area contributed by atoms with Gasteiger partial charge in [0.25, 0.3) is 0 Å². The minimum Gasteiger partial charge on any atom is -0.340 e. The highest BCUT2D eigenvalue weighted by molar-refractivity contribution is 5.81. The molecule has 0 atom stereocenters. The minimum atomic E-state index is 0.383. The van der Waals surface area contributed by atoms with Gasteiger partial charge < -0.3 is 10.2 Å². The van der Waals surface area contributed by atoms with Crippen LogP contribution in [0.5, 0.6) is 0 Å². The first-order valence-corrected chi connectivity index (χ1v) is 9.05. The fourth-order valence-electron chi connectivity index (χ4n) is 3.71. The van der Waals surface area contributed by atoms with Gasteiger partial charge in [0, 0.05) is 45.2 Å². The predicted molar refractivity (Wildman–Crippen MR) is 85.2 cm³/mol. The Morgan fingerprint density at radius 2 is 1.67 bits per heavy atom. The Kier molecular flexibility index (Phi) is 5.53. The molecule has 0 spiro atoms. The fourth-order valence-corrected chi connectivity index (χ4v) is 3.71. The Bertz CT molecular complexity index is 329. The average molecular weight is 293 g/mol. The lowest BCUT2D eigenvalue weighted by atomic mass is 9.89. The molecule has 0 aromatic rings. The summed E-state index contributed by atoms with van der Waals surface area (Å²) < 4.78 is 0. The summed E-state index contributed by atoms with van der Waals surface area (Å²) in [5.41, 5.74) is 0. The van der Waals surface area contributed by atoms with Crippen LogP contribution in [0, 0.1) is 11.8 Å². The molecule has 1 amide bonds. The van der Waals surface area contributed by atoms with E-state index in [9.17, 15) is 4.79 Å². The molecule has 4 nitrogen and oxygen atoms in total. The van der Waals surface area contributed by atoms with E-state index in [-0.39, 0.29) is 0 Å². The summed E-state index contributed by atoms with van der Waals surface area (Å²) in [6, 6.07) is 0. The van der Waals surface area contributed by atoms with E-state index in [0.717, 1.165) is 58.0 Å². The van der Waals surface area contributed by atoms with Crippen LogP contribution in [0.2, 0.25) is 0 Å². The summed E-state index contributed by atoms with van der Waals surface area (Å²) in [5.74, 6) is 1.73. The largest absolute Gasteiger partial charge is 0.340 e. The number of nitrogens with one attached hydrogen (secondary N) is 1. The lowest BCUT2D eigenvalue weighted by Crippen LogP contribution is -2.50. The van der Waals surface area contributed by atoms with Crippen molar-refractivity contribution in [2.75, 3.05) is 45.8 Å². The molecule has 2 aliphatic carbocycles. The van der Waals surface area contributed by atoms with Crippen LogP contribution in [0.15, 0.2) is 0 Å². The Morgan fingerprint density at radius 1 is 0.952 bits per heavy atom. The number of hydrogen-bond acceptors (Lipinski definition) is 3. The van der Waals surface area contributed by atoms with Gasteiger partial charge in [-0.3, -0.25) is 9.69 Å². The van der Waals surface area contributed by atoms with Gasteiger partial charge in [-0.05, 0) is 38.1 Å². The molecule has 2 saturated carbocycles. The van der Waals surface area contributed by atoms with Gasteiger partial charge in [0.15, 0.2) is 0 Å². The van der Waals surface area contributed by atoms with Gasteiger partial charge in [0.1, 0.15) is 0 Å². The Balaban J connectivity index is 1.24. The van der Waals surface area contributed by atoms with Crippen LogP contribution in [0.1, 0.15) is 44.9 Å². The number of hydrogen-bond donors (Lipinski definition) is 1. The predicted octanol–water partition coefficient (Wildman–Crippen LogP) is 1.71. The standard InChI is InChI=1S/C17H31N3O/c21-17(16-6-7-16)20-12-10-19(11-13-20)9-8-18-14-15-4-2-1-3-5-15/h15-16,18H,1-14H2. The highest BCUT2D eigenvalue weighted by Crippen LogP contribution is 2.31. The first-order chi connectivity index (χ1) is 10.3. The molecule has 1 aliphatic heterocycles. The van der Waals surface area contributed by atoms with E-state index >= 15 is 0 Å². The number of carbonyl (C=O) groups excluding carboxylic acids is 1. The second kappa shape index (κ2) is 7.59. The number of piperazine rings is 1. The molecule has 3 aliphatic rings. The molecule has 3 rings (SSSR count). The van der Waals surface area contributed by atoms with E-state index in [4.69, 9.17) is 0 Å². The van der Waals surface area contributed by atoms with Crippen LogP contribution in [-0.4, -0.2) is 61.5 Å². The Hall–Kier alpha value is -0.610. The SMILES string of the molecule is O=C(C1CC1)N1CCN(CCNCC2CCCCC2)CC1. The van der Waals surface area contributed by atoms with Crippen LogP contribution in [-0.2, 0) is 4.79 Å². The van der Waals surface area contributed by atoms with E-state index in [1.165, 1.54) is 38.6 Å². The molecule has 0 aromatic heterocycles. The summed E-state index contributed by atoms with van der Waals surface area (Å²) in [7, 11) is 0. The highest BCUT2D eigenvalue weighted by atomic mass is 16.2. The van der Waals surface area contributed by atoms with Crippen molar-refractivity contribution >= 4 is 5.91 Å². The lowest BCUT2D eigenvalue weighted by molar-refractivity contribution is -0.134. The van der Waals surface area contributed by atoms with Crippen molar-refractivity contribution in [3.05, 3.63) is 0 Å². The third-order valence-corrected chi connectivity index (χ3v) is 5.37. The number of carbonyl (C=O) groups is 1. The normalized spacial score (nSPS) is 25.2. The summed E-state index contributed by atoms with van der Waals surface area (Å²) in [4.78, 5) is 16.6. The number of rotatable bonds is 6. The highest BCUT2D eigenvalue weighted by Gasteiger charge is 2.34. The van der Waals surface area contributed by atoms with Crippen LogP contribution < -0.4 is 5.32 Å². The third kappa shape index (κ3) is 4.68. The average Bonchev–Trinajstić information content (AvgIpc) is 3.37. The molecule has 4 heteroatoms. The summed E-state index contributed by atoms with van der Waals surface area (Å²) in [5, 5.41) is 3.64. The molecule has 1 saturated heterocycles. The zero-order valence-corrected chi connectivity index (χ0v) is 13.4. The van der Waals surface area contributed by atoms with Gasteiger partial charge >= 0.3 is 0 Å². The second-order valence-electron chi connectivity index (χ2n) is 7.15. The first kappa shape index (κ1) is 15.3. The second-order valence-corrected chi connectivity index (χ2v) is 7.15. The molecule has 3 fully saturated rings. The molecular formula is C17H31N3O. The molecule has 0 aromatic carbocycles. The van der Waals surface area contributed by atoms with Crippen molar-refractivity contribution in [1.29, 1.82) is 0 Å². The number of nitrogens with zero attached hydrogens (tertiary/aromatic N) is 2. The van der Waals surface area contributed by atoms with Crippen molar-refractivity contribution in [2.45, 2.75) is 44.9 Å². The van der Waals surface area contributed by atoms with Gasteiger partial charge in [-0.1, -0.05) is 19.3 Å². The maximum absolute atomic E-state index is 12.0. The maximum atomic E-state index is 12.0. The molecule has 1 heterocycles. The molecule has 0 bridgehead atoms. The van der Waals surface area contributed by atoms with Gasteiger partial charge in [0.2, 0.25) is 5.91 Å². The Labute approximate surface area is 129 Å². The number of amides is 1. The van der Waals surface area contributed by atoms with Crippen molar-refractivity contribution in [1.82, 2.24) is 15.1 Å². The first-order valence-electron chi connectivity index (χ1n) is 9.05. The third-order valence-electron chi connectivity index (χ3n) is 5.37. The van der Waals surface area contributed by atoms with Crippen molar-refractivity contribution < 1.29 is 4.79 Å². The van der Waals surface area contributed by atoms with Crippen LogP contribution in [0.4, 0.5) is 0 Å². The quantitative estimate of drug-likeness (QED) is 0.757. The van der Waals surface area contributed by atoms with E-state index in [2.05, 4.69) is 15.1 Å². The zero-order valence-electron chi connectivity index (χ0n) is 13.4. The van der Waals surface area contributed by atoms with Crippen molar-refractivity contribution in [2.24, 2.45) is 11.8 Å². The topological polar surface area (TPSA) is 35.6 Å². The van der Waals surface area contributed by atoms with Gasteiger partial charge in [-0.15, -0.1) is 0 Å². The van der Waals surface area contributed by atoms with Crippen molar-refractivity contribution in [3.8, 4) is 0 Å². The molecule has 0 unspecified atom stereocenters. The molecular weight excluding hydrogens is 262 g/mol. The smallest absolute Gasteiger partial charge is 0.225 e. The summed E-state index contributed by atoms with van der Waals surface area (Å²) in [6.07, 6.45) is 9.42. The molecule has 120 valence electrons.